The molecule has 76 valence electrons. The molecule has 0 aliphatic heterocycles. The first kappa shape index (κ1) is 10.1. The number of nitrogens with two attached hydrogens (primary N) is 1. The van der Waals surface area contributed by atoms with Gasteiger partial charge in [-0.3, -0.25) is 5.84 Å². The van der Waals surface area contributed by atoms with Gasteiger partial charge in [-0.05, 0) is 29.7 Å². The molecule has 0 aliphatic rings. The standard InChI is InChI=1S/C11H9FN2S/c1-2-9(14-13)11-6-7-5-8(12)3-4-10(7)15-11/h1,3-6,9,14H,13H2. The molecule has 0 saturated carbocycles. The monoisotopic (exact) mass is 220 g/mol. The summed E-state index contributed by atoms with van der Waals surface area (Å²) < 4.78 is 13.9. The smallest absolute Gasteiger partial charge is 0.123 e. The van der Waals surface area contributed by atoms with Gasteiger partial charge in [0.1, 0.15) is 11.9 Å². The van der Waals surface area contributed by atoms with E-state index in [1.54, 1.807) is 6.07 Å². The Hall–Kier alpha value is -1.41. The fourth-order valence-corrected chi connectivity index (χ4v) is 2.45. The Morgan fingerprint density at radius 1 is 1.47 bits per heavy atom. The molecule has 0 aliphatic carbocycles. The molecule has 0 bridgehead atoms. The number of terminal acetylenes is 1. The van der Waals surface area contributed by atoms with Crippen molar-refractivity contribution < 1.29 is 4.39 Å². The van der Waals surface area contributed by atoms with Gasteiger partial charge in [-0.2, -0.15) is 0 Å². The van der Waals surface area contributed by atoms with Crippen LogP contribution >= 0.6 is 11.3 Å². The van der Waals surface area contributed by atoms with Crippen LogP contribution in [0.2, 0.25) is 0 Å². The van der Waals surface area contributed by atoms with Gasteiger partial charge in [0.15, 0.2) is 0 Å². The summed E-state index contributed by atoms with van der Waals surface area (Å²) in [5.74, 6) is 7.59. The first-order valence-corrected chi connectivity index (χ1v) is 5.17. The highest BCUT2D eigenvalue weighted by atomic mass is 32.1. The van der Waals surface area contributed by atoms with Crippen molar-refractivity contribution in [1.82, 2.24) is 5.43 Å². The van der Waals surface area contributed by atoms with Crippen LogP contribution in [0.1, 0.15) is 10.9 Å². The summed E-state index contributed by atoms with van der Waals surface area (Å²) in [6, 6.07) is 6.20. The maximum absolute atomic E-state index is 12.9. The molecule has 1 aromatic carbocycles. The number of rotatable bonds is 2. The van der Waals surface area contributed by atoms with E-state index in [1.165, 1.54) is 23.5 Å². The molecule has 2 rings (SSSR count). The van der Waals surface area contributed by atoms with Crippen LogP contribution in [0.15, 0.2) is 24.3 Å². The molecule has 3 N–H and O–H groups in total. The van der Waals surface area contributed by atoms with Crippen LogP contribution in [-0.4, -0.2) is 0 Å². The topological polar surface area (TPSA) is 38.0 Å². The quantitative estimate of drug-likeness (QED) is 0.462. The van der Waals surface area contributed by atoms with Crippen LogP contribution in [0, 0.1) is 18.2 Å². The van der Waals surface area contributed by atoms with E-state index in [2.05, 4.69) is 11.3 Å². The zero-order chi connectivity index (χ0) is 10.8. The van der Waals surface area contributed by atoms with E-state index in [9.17, 15) is 4.39 Å². The minimum atomic E-state index is -0.314. The zero-order valence-electron chi connectivity index (χ0n) is 7.83. The van der Waals surface area contributed by atoms with Crippen LogP contribution in [0.4, 0.5) is 4.39 Å². The number of halogens is 1. The zero-order valence-corrected chi connectivity index (χ0v) is 8.64. The SMILES string of the molecule is C#CC(NN)c1cc2cc(F)ccc2s1. The lowest BCUT2D eigenvalue weighted by Crippen LogP contribution is -2.25. The normalized spacial score (nSPS) is 12.6. The third-order valence-electron chi connectivity index (χ3n) is 2.12. The van der Waals surface area contributed by atoms with Crippen molar-refractivity contribution in [3.63, 3.8) is 0 Å². The number of hydrogen-bond donors (Lipinski definition) is 2. The van der Waals surface area contributed by atoms with Gasteiger partial charge in [0.05, 0.1) is 0 Å². The Morgan fingerprint density at radius 3 is 2.93 bits per heavy atom. The largest absolute Gasteiger partial charge is 0.270 e. The molecular formula is C11H9FN2S. The highest BCUT2D eigenvalue weighted by Crippen LogP contribution is 2.29. The predicted octanol–water partition coefficient (Wildman–Crippen LogP) is 2.18. The third kappa shape index (κ3) is 1.85. The summed E-state index contributed by atoms with van der Waals surface area (Å²) in [4.78, 5) is 0.917. The fourth-order valence-electron chi connectivity index (χ4n) is 1.39. The lowest BCUT2D eigenvalue weighted by Gasteiger charge is -2.04. The summed E-state index contributed by atoms with van der Waals surface area (Å²) in [6.45, 7) is 0. The maximum atomic E-state index is 12.9. The van der Waals surface area contributed by atoms with Gasteiger partial charge in [0.25, 0.3) is 0 Å². The van der Waals surface area contributed by atoms with Crippen molar-refractivity contribution in [2.75, 3.05) is 0 Å². The van der Waals surface area contributed by atoms with E-state index < -0.39 is 0 Å². The molecule has 0 fully saturated rings. The lowest BCUT2D eigenvalue weighted by atomic mass is 10.2. The van der Waals surface area contributed by atoms with E-state index in [0.717, 1.165) is 15.0 Å². The van der Waals surface area contributed by atoms with Crippen molar-refractivity contribution in [2.45, 2.75) is 6.04 Å². The van der Waals surface area contributed by atoms with Crippen molar-refractivity contribution in [3.05, 3.63) is 35.0 Å². The molecular weight excluding hydrogens is 211 g/mol. The number of benzene rings is 1. The second-order valence-electron chi connectivity index (χ2n) is 3.10. The molecule has 1 heterocycles. The van der Waals surface area contributed by atoms with Crippen LogP contribution in [0.25, 0.3) is 10.1 Å². The predicted molar refractivity (Wildman–Crippen MR) is 60.7 cm³/mol. The molecule has 0 amide bonds. The van der Waals surface area contributed by atoms with Gasteiger partial charge >= 0.3 is 0 Å². The summed E-state index contributed by atoms with van der Waals surface area (Å²) in [5.41, 5.74) is 2.52. The summed E-state index contributed by atoms with van der Waals surface area (Å²) >= 11 is 1.51. The average Bonchev–Trinajstić information content (AvgIpc) is 2.62. The lowest BCUT2D eigenvalue weighted by molar-refractivity contribution is 0.630. The van der Waals surface area contributed by atoms with Crippen molar-refractivity contribution >= 4 is 21.4 Å². The Kier molecular flexibility index (Phi) is 2.69. The van der Waals surface area contributed by atoms with Crippen molar-refractivity contribution in [3.8, 4) is 12.3 Å². The molecule has 2 nitrogen and oxygen atoms in total. The van der Waals surface area contributed by atoms with E-state index in [0.29, 0.717) is 0 Å². The second-order valence-corrected chi connectivity index (χ2v) is 4.21. The van der Waals surface area contributed by atoms with Crippen LogP contribution < -0.4 is 11.3 Å². The van der Waals surface area contributed by atoms with Gasteiger partial charge in [-0.25, -0.2) is 9.82 Å². The number of hydrazine groups is 1. The minimum Gasteiger partial charge on any atom is -0.270 e. The Labute approximate surface area is 90.9 Å². The molecule has 4 heteroatoms. The molecule has 0 spiro atoms. The third-order valence-corrected chi connectivity index (χ3v) is 3.30. The molecule has 0 saturated heterocycles. The summed E-state index contributed by atoms with van der Waals surface area (Å²) in [5, 5.41) is 0.852. The molecule has 2 aromatic rings. The highest BCUT2D eigenvalue weighted by molar-refractivity contribution is 7.19. The highest BCUT2D eigenvalue weighted by Gasteiger charge is 2.10. The van der Waals surface area contributed by atoms with E-state index in [-0.39, 0.29) is 11.9 Å². The van der Waals surface area contributed by atoms with Gasteiger partial charge in [-0.1, -0.05) is 5.92 Å². The van der Waals surface area contributed by atoms with Crippen LogP contribution in [-0.2, 0) is 0 Å². The maximum Gasteiger partial charge on any atom is 0.123 e. The Morgan fingerprint density at radius 2 is 2.27 bits per heavy atom. The first-order chi connectivity index (χ1) is 7.24. The molecule has 15 heavy (non-hydrogen) atoms. The van der Waals surface area contributed by atoms with E-state index >= 15 is 0 Å². The van der Waals surface area contributed by atoms with Crippen molar-refractivity contribution in [1.29, 1.82) is 0 Å². The fraction of sp³-hybridized carbons (Fsp3) is 0.0909. The van der Waals surface area contributed by atoms with E-state index in [4.69, 9.17) is 12.3 Å². The second kappa shape index (κ2) is 3.99. The van der Waals surface area contributed by atoms with E-state index in [1.807, 2.05) is 6.07 Å². The van der Waals surface area contributed by atoms with Crippen molar-refractivity contribution in [2.24, 2.45) is 5.84 Å². The van der Waals surface area contributed by atoms with Crippen LogP contribution in [0.5, 0.6) is 0 Å². The van der Waals surface area contributed by atoms with Gasteiger partial charge in [-0.15, -0.1) is 17.8 Å². The number of fused-ring (bicyclic) bond motifs is 1. The minimum absolute atomic E-state index is 0.246. The summed E-state index contributed by atoms with van der Waals surface area (Å²) in [6.07, 6.45) is 5.31. The molecule has 0 radical (unpaired) electrons. The first-order valence-electron chi connectivity index (χ1n) is 4.36. The molecule has 1 unspecified atom stereocenters. The van der Waals surface area contributed by atoms with Gasteiger partial charge < -0.3 is 0 Å². The number of nitrogens with one attached hydrogen (secondary N) is 1. The van der Waals surface area contributed by atoms with Crippen LogP contribution in [0.3, 0.4) is 0 Å². The molecule has 1 atom stereocenters. The number of thiophene rings is 1. The number of hydrogen-bond acceptors (Lipinski definition) is 3. The van der Waals surface area contributed by atoms with Gasteiger partial charge in [0, 0.05) is 9.58 Å². The molecule has 1 aromatic heterocycles. The average molecular weight is 220 g/mol. The summed E-state index contributed by atoms with van der Waals surface area (Å²) in [7, 11) is 0. The Balaban J connectivity index is 2.52. The van der Waals surface area contributed by atoms with Gasteiger partial charge in [0.2, 0.25) is 0 Å². The Bertz CT molecular complexity index is 527.